The first-order valence-electron chi connectivity index (χ1n) is 21.1. The van der Waals surface area contributed by atoms with Crippen LogP contribution in [0.25, 0.3) is 44.4 Å². The molecule has 4 N–H and O–H groups in total. The molecule has 3 aromatic carbocycles. The lowest BCUT2D eigenvalue weighted by Crippen LogP contribution is -2.55. The highest BCUT2D eigenvalue weighted by Gasteiger charge is 2.56. The topological polar surface area (TPSA) is 193 Å². The number of alkyl carbamates (subject to hydrolysis) is 2. The molecule has 2 saturated heterocycles. The van der Waals surface area contributed by atoms with Crippen molar-refractivity contribution in [3.8, 4) is 33.6 Å². The second kappa shape index (κ2) is 17.6. The molecule has 2 aliphatic heterocycles. The van der Waals surface area contributed by atoms with E-state index < -0.39 is 36.5 Å². The summed E-state index contributed by atoms with van der Waals surface area (Å²) in [5, 5.41) is 7.48. The third-order valence-electron chi connectivity index (χ3n) is 12.9. The molecule has 4 amide bonds. The molecule has 3 aliphatic rings. The lowest BCUT2D eigenvalue weighted by Gasteiger charge is -2.33. The van der Waals surface area contributed by atoms with Gasteiger partial charge < -0.3 is 49.3 Å². The average Bonchev–Trinajstić information content (AvgIpc) is 3.78. The van der Waals surface area contributed by atoms with E-state index in [2.05, 4.69) is 81.3 Å². The molecule has 1 aliphatic carbocycles. The van der Waals surface area contributed by atoms with Gasteiger partial charge in [0.05, 0.1) is 62.3 Å². The normalized spacial score (nSPS) is 22.4. The van der Waals surface area contributed by atoms with Gasteiger partial charge in [0.1, 0.15) is 23.7 Å². The van der Waals surface area contributed by atoms with Gasteiger partial charge in [-0.2, -0.15) is 0 Å². The van der Waals surface area contributed by atoms with Crippen LogP contribution in [0, 0.1) is 5.92 Å². The Morgan fingerprint density at radius 3 is 1.73 bits per heavy atom. The summed E-state index contributed by atoms with van der Waals surface area (Å²) in [7, 11) is 5.55. The molecule has 0 spiro atoms. The molecule has 8 rings (SSSR count). The van der Waals surface area contributed by atoms with Crippen LogP contribution in [-0.2, 0) is 28.5 Å². The van der Waals surface area contributed by atoms with Crippen molar-refractivity contribution in [1.29, 1.82) is 0 Å². The molecular formula is C46H54N8O8. The van der Waals surface area contributed by atoms with Crippen LogP contribution in [0.5, 0.6) is 0 Å². The number of benzene rings is 3. The Labute approximate surface area is 360 Å². The number of likely N-dealkylation sites (tertiary alicyclic amines) is 2. The van der Waals surface area contributed by atoms with Crippen molar-refractivity contribution < 1.29 is 38.1 Å². The van der Waals surface area contributed by atoms with E-state index >= 15 is 0 Å². The Bertz CT molecular complexity index is 2450. The van der Waals surface area contributed by atoms with Gasteiger partial charge in [-0.05, 0) is 92.0 Å². The number of piperidine rings is 1. The minimum Gasteiger partial charge on any atom is -0.453 e. The summed E-state index contributed by atoms with van der Waals surface area (Å²) >= 11 is 0. The zero-order valence-corrected chi connectivity index (χ0v) is 36.0. The number of ether oxygens (including phenoxy) is 4. The predicted molar refractivity (Wildman–Crippen MR) is 231 cm³/mol. The van der Waals surface area contributed by atoms with Gasteiger partial charge in [0, 0.05) is 31.9 Å². The fraction of sp³-hybridized carbons (Fsp3) is 0.435. The third-order valence-corrected chi connectivity index (χ3v) is 12.9. The van der Waals surface area contributed by atoms with Crippen LogP contribution in [-0.4, -0.2) is 119 Å². The van der Waals surface area contributed by atoms with Crippen molar-refractivity contribution in [1.82, 2.24) is 40.4 Å². The number of hydrogen-bond acceptors (Lipinski definition) is 10. The smallest absolute Gasteiger partial charge is 0.407 e. The Balaban J connectivity index is 0.952. The lowest BCUT2D eigenvalue weighted by molar-refractivity contribution is -0.140. The molecule has 0 bridgehead atoms. The number of carbonyl (C=O) groups excluding carboxylic acids is 4. The number of nitrogens with one attached hydrogen (secondary N) is 4. The highest BCUT2D eigenvalue weighted by atomic mass is 16.5. The van der Waals surface area contributed by atoms with E-state index in [0.717, 1.165) is 70.1 Å². The van der Waals surface area contributed by atoms with Crippen molar-refractivity contribution in [2.75, 3.05) is 28.4 Å². The lowest BCUT2D eigenvalue weighted by atomic mass is 9.98. The number of imidazole rings is 2. The van der Waals surface area contributed by atoms with Crippen molar-refractivity contribution in [2.24, 2.45) is 5.92 Å². The molecule has 1 saturated carbocycles. The van der Waals surface area contributed by atoms with Crippen LogP contribution < -0.4 is 10.6 Å². The van der Waals surface area contributed by atoms with E-state index in [1.54, 1.807) is 24.9 Å². The van der Waals surface area contributed by atoms with Gasteiger partial charge in [-0.3, -0.25) is 9.59 Å². The summed E-state index contributed by atoms with van der Waals surface area (Å²) in [6.45, 7) is 5.50. The van der Waals surface area contributed by atoms with Gasteiger partial charge in [0.2, 0.25) is 11.8 Å². The molecule has 4 heterocycles. The third kappa shape index (κ3) is 8.23. The molecule has 16 nitrogen and oxygen atoms in total. The number of fused-ring (bicyclic) bond motifs is 2. The highest BCUT2D eigenvalue weighted by molar-refractivity contribution is 5.91. The summed E-state index contributed by atoms with van der Waals surface area (Å²) < 4.78 is 20.5. The number of nitrogens with zero attached hydrogens (tertiary/aromatic N) is 4. The predicted octanol–water partition coefficient (Wildman–Crippen LogP) is 6.52. The first-order chi connectivity index (χ1) is 29.9. The molecule has 62 heavy (non-hydrogen) atoms. The SMILES string of the molecule is COC(=O)N[C@H](C(=O)N1[C@H](C)CC[C@H]1c1ncc(-c2ccc(-c3ccc4cc(-c5cnc([C@@H]6C[C@H]7C[C@H]7N6C(=O)[C@@H](NC(=O)OC)[C@@H](C)OC)[nH]5)ccc4c3)cc2)[nH]1)[C@@H](C)OC. The maximum atomic E-state index is 13.9. The molecule has 0 radical (unpaired) electrons. The van der Waals surface area contributed by atoms with E-state index in [1.165, 1.54) is 28.4 Å². The van der Waals surface area contributed by atoms with Gasteiger partial charge >= 0.3 is 12.2 Å². The number of aromatic nitrogens is 4. The van der Waals surface area contributed by atoms with Crippen LogP contribution in [0.3, 0.4) is 0 Å². The molecule has 2 aromatic heterocycles. The van der Waals surface area contributed by atoms with Crippen LogP contribution in [0.2, 0.25) is 0 Å². The first-order valence-corrected chi connectivity index (χ1v) is 21.1. The molecule has 5 aromatic rings. The van der Waals surface area contributed by atoms with Crippen LogP contribution in [0.4, 0.5) is 9.59 Å². The van der Waals surface area contributed by atoms with E-state index in [9.17, 15) is 19.2 Å². The number of aromatic amines is 2. The van der Waals surface area contributed by atoms with Crippen molar-refractivity contribution in [3.63, 3.8) is 0 Å². The van der Waals surface area contributed by atoms with Crippen molar-refractivity contribution >= 4 is 34.8 Å². The summed E-state index contributed by atoms with van der Waals surface area (Å²) in [5.74, 6) is 1.35. The van der Waals surface area contributed by atoms with Crippen LogP contribution in [0.1, 0.15) is 70.2 Å². The molecular weight excluding hydrogens is 793 g/mol. The first kappa shape index (κ1) is 42.4. The number of H-pyrrole nitrogens is 2. The summed E-state index contributed by atoms with van der Waals surface area (Å²) in [5.41, 5.74) is 5.77. The maximum absolute atomic E-state index is 13.9. The van der Waals surface area contributed by atoms with Gasteiger partial charge in [-0.1, -0.05) is 48.5 Å². The zero-order valence-electron chi connectivity index (χ0n) is 36.0. The van der Waals surface area contributed by atoms with E-state index in [-0.39, 0.29) is 36.0 Å². The Morgan fingerprint density at radius 2 is 1.15 bits per heavy atom. The minimum absolute atomic E-state index is 0.0561. The summed E-state index contributed by atoms with van der Waals surface area (Å²) in [4.78, 5) is 72.1. The minimum atomic E-state index is -0.914. The zero-order chi connectivity index (χ0) is 43.8. The number of hydrogen-bond donors (Lipinski definition) is 4. The fourth-order valence-corrected chi connectivity index (χ4v) is 9.11. The number of methoxy groups -OCH3 is 4. The standard InChI is InChI=1S/C46H54N8O8/c1-24-8-17-36(53(24)43(55)39(25(2)59-4)51-45(57)61-6)41-47-22-34(49-41)28-11-9-27(10-12-28)29-13-14-31-19-32(16-15-30(31)18-29)35-23-48-42(50-35)38-21-33-20-37(33)54(38)44(56)40(26(3)60-5)52-46(58)62-7/h9-16,18-19,22-26,33,36-40H,8,17,20-21H2,1-7H3,(H,47,49)(H,48,50)(H,51,57)(H,52,58)/t24-,25-,26-,33-,36+,37-,38+,39+,40+/m1/s1. The maximum Gasteiger partial charge on any atom is 0.407 e. The molecule has 326 valence electrons. The van der Waals surface area contributed by atoms with E-state index in [4.69, 9.17) is 28.9 Å². The van der Waals surface area contributed by atoms with Crippen LogP contribution >= 0.6 is 0 Å². The number of carbonyl (C=O) groups is 4. The van der Waals surface area contributed by atoms with Crippen molar-refractivity contribution in [2.45, 2.75) is 94.9 Å². The van der Waals surface area contributed by atoms with E-state index in [0.29, 0.717) is 17.6 Å². The monoisotopic (exact) mass is 846 g/mol. The largest absolute Gasteiger partial charge is 0.453 e. The van der Waals surface area contributed by atoms with Crippen LogP contribution in [0.15, 0.2) is 73.1 Å². The fourth-order valence-electron chi connectivity index (χ4n) is 9.11. The molecule has 16 heteroatoms. The summed E-state index contributed by atoms with van der Waals surface area (Å²) in [6, 6.07) is 18.7. The molecule has 0 unspecified atom stereocenters. The molecule has 9 atom stereocenters. The van der Waals surface area contributed by atoms with E-state index in [1.807, 2.05) is 18.0 Å². The Morgan fingerprint density at radius 1 is 0.645 bits per heavy atom. The quantitative estimate of drug-likeness (QED) is 0.101. The van der Waals surface area contributed by atoms with Gasteiger partial charge in [-0.15, -0.1) is 0 Å². The molecule has 3 fully saturated rings. The second-order valence-electron chi connectivity index (χ2n) is 16.6. The van der Waals surface area contributed by atoms with Crippen molar-refractivity contribution in [3.05, 3.63) is 84.7 Å². The Hall–Kier alpha value is -6.26. The van der Waals surface area contributed by atoms with Gasteiger partial charge in [-0.25, -0.2) is 19.6 Å². The highest BCUT2D eigenvalue weighted by Crippen LogP contribution is 2.53. The second-order valence-corrected chi connectivity index (χ2v) is 16.6. The summed E-state index contributed by atoms with van der Waals surface area (Å²) in [6.07, 6.45) is 4.38. The number of amides is 4. The van der Waals surface area contributed by atoms with Gasteiger partial charge in [0.15, 0.2) is 0 Å². The van der Waals surface area contributed by atoms with Gasteiger partial charge in [0.25, 0.3) is 0 Å². The Kier molecular flexibility index (Phi) is 12.1. The number of rotatable bonds is 13. The average molecular weight is 847 g/mol.